The van der Waals surface area contributed by atoms with Gasteiger partial charge >= 0.3 is 5.97 Å². The van der Waals surface area contributed by atoms with Gasteiger partial charge in [-0.2, -0.15) is 0 Å². The highest BCUT2D eigenvalue weighted by Crippen LogP contribution is 2.24. The topological polar surface area (TPSA) is 70.1 Å². The number of hydrogen-bond acceptors (Lipinski definition) is 4. The SMILES string of the molecule is CCc1cc(Br)ccc1-n1cnc(C(=O)OC)c1N. The molecule has 100 valence electrons. The van der Waals surface area contributed by atoms with Crippen LogP contribution < -0.4 is 5.73 Å². The molecular weight excluding hydrogens is 310 g/mol. The summed E-state index contributed by atoms with van der Waals surface area (Å²) in [5.41, 5.74) is 8.11. The lowest BCUT2D eigenvalue weighted by atomic mass is 10.1. The molecule has 1 aromatic carbocycles. The first-order valence-electron chi connectivity index (χ1n) is 5.78. The maximum Gasteiger partial charge on any atom is 0.360 e. The third-order valence-corrected chi connectivity index (χ3v) is 3.36. The fourth-order valence-electron chi connectivity index (χ4n) is 1.88. The molecule has 5 nitrogen and oxygen atoms in total. The highest BCUT2D eigenvalue weighted by Gasteiger charge is 2.18. The van der Waals surface area contributed by atoms with Crippen LogP contribution in [0.15, 0.2) is 29.0 Å². The molecule has 0 aliphatic rings. The largest absolute Gasteiger partial charge is 0.464 e. The Kier molecular flexibility index (Phi) is 3.90. The first-order valence-corrected chi connectivity index (χ1v) is 6.57. The quantitative estimate of drug-likeness (QED) is 0.881. The van der Waals surface area contributed by atoms with E-state index >= 15 is 0 Å². The molecular formula is C13H14BrN3O2. The summed E-state index contributed by atoms with van der Waals surface area (Å²) in [6.07, 6.45) is 2.38. The van der Waals surface area contributed by atoms with Gasteiger partial charge in [-0.3, -0.25) is 4.57 Å². The van der Waals surface area contributed by atoms with Crippen LogP contribution in [0.1, 0.15) is 23.0 Å². The van der Waals surface area contributed by atoms with Crippen molar-refractivity contribution < 1.29 is 9.53 Å². The summed E-state index contributed by atoms with van der Waals surface area (Å²) >= 11 is 3.44. The molecule has 0 aliphatic carbocycles. The normalized spacial score (nSPS) is 10.5. The van der Waals surface area contributed by atoms with Gasteiger partial charge in [0.25, 0.3) is 0 Å². The number of carbonyl (C=O) groups is 1. The molecule has 1 aromatic heterocycles. The number of nitrogens with two attached hydrogens (primary N) is 1. The van der Waals surface area contributed by atoms with Crippen LogP contribution in [0.4, 0.5) is 5.82 Å². The standard InChI is InChI=1S/C13H14BrN3O2/c1-3-8-6-9(14)4-5-10(8)17-7-16-11(12(17)15)13(18)19-2/h4-7H,3,15H2,1-2H3. The van der Waals surface area contributed by atoms with Gasteiger partial charge in [0.1, 0.15) is 12.1 Å². The number of ether oxygens (including phenoxy) is 1. The van der Waals surface area contributed by atoms with Crippen LogP contribution in [0.3, 0.4) is 0 Å². The van der Waals surface area contributed by atoms with Gasteiger partial charge in [-0.05, 0) is 30.2 Å². The van der Waals surface area contributed by atoms with E-state index in [0.29, 0.717) is 0 Å². The Morgan fingerprint density at radius 3 is 2.89 bits per heavy atom. The molecule has 0 bridgehead atoms. The van der Waals surface area contributed by atoms with Crippen LogP contribution in [-0.2, 0) is 11.2 Å². The van der Waals surface area contributed by atoms with Crippen LogP contribution in [0.2, 0.25) is 0 Å². The predicted molar refractivity (Wildman–Crippen MR) is 76.4 cm³/mol. The minimum atomic E-state index is -0.536. The molecule has 0 saturated heterocycles. The number of halogens is 1. The van der Waals surface area contributed by atoms with E-state index in [2.05, 4.69) is 32.6 Å². The zero-order chi connectivity index (χ0) is 14.0. The van der Waals surface area contributed by atoms with Crippen molar-refractivity contribution in [3.63, 3.8) is 0 Å². The number of aryl methyl sites for hydroxylation is 1. The zero-order valence-corrected chi connectivity index (χ0v) is 12.3. The Morgan fingerprint density at radius 1 is 1.53 bits per heavy atom. The van der Waals surface area contributed by atoms with Crippen molar-refractivity contribution >= 4 is 27.7 Å². The summed E-state index contributed by atoms with van der Waals surface area (Å²) < 4.78 is 7.33. The van der Waals surface area contributed by atoms with E-state index in [0.717, 1.165) is 22.1 Å². The second-order valence-corrected chi connectivity index (χ2v) is 4.88. The van der Waals surface area contributed by atoms with Gasteiger partial charge in [-0.25, -0.2) is 9.78 Å². The number of benzene rings is 1. The molecule has 0 radical (unpaired) electrons. The van der Waals surface area contributed by atoms with Gasteiger partial charge in [-0.15, -0.1) is 0 Å². The minimum absolute atomic E-state index is 0.132. The number of imidazole rings is 1. The van der Waals surface area contributed by atoms with Crippen molar-refractivity contribution in [2.75, 3.05) is 12.8 Å². The number of hydrogen-bond donors (Lipinski definition) is 1. The van der Waals surface area contributed by atoms with Gasteiger partial charge in [0.15, 0.2) is 5.69 Å². The summed E-state index contributed by atoms with van der Waals surface area (Å²) in [4.78, 5) is 15.5. The van der Waals surface area contributed by atoms with Crippen molar-refractivity contribution in [1.82, 2.24) is 9.55 Å². The molecule has 6 heteroatoms. The highest BCUT2D eigenvalue weighted by molar-refractivity contribution is 9.10. The average molecular weight is 324 g/mol. The minimum Gasteiger partial charge on any atom is -0.464 e. The molecule has 2 rings (SSSR count). The number of rotatable bonds is 3. The summed E-state index contributed by atoms with van der Waals surface area (Å²) in [6.45, 7) is 2.06. The Bertz CT molecular complexity index is 622. The maximum atomic E-state index is 11.5. The molecule has 19 heavy (non-hydrogen) atoms. The van der Waals surface area contributed by atoms with E-state index in [1.807, 2.05) is 18.2 Å². The van der Waals surface area contributed by atoms with Gasteiger partial charge < -0.3 is 10.5 Å². The lowest BCUT2D eigenvalue weighted by Gasteiger charge is -2.11. The van der Waals surface area contributed by atoms with Crippen LogP contribution in [0.25, 0.3) is 5.69 Å². The highest BCUT2D eigenvalue weighted by atomic mass is 79.9. The second-order valence-electron chi connectivity index (χ2n) is 3.97. The summed E-state index contributed by atoms with van der Waals surface area (Å²) in [5, 5.41) is 0. The van der Waals surface area contributed by atoms with Gasteiger partial charge in [0, 0.05) is 4.47 Å². The van der Waals surface area contributed by atoms with E-state index in [1.165, 1.54) is 13.4 Å². The number of aromatic nitrogens is 2. The van der Waals surface area contributed by atoms with Crippen LogP contribution >= 0.6 is 15.9 Å². The molecule has 1 heterocycles. The van der Waals surface area contributed by atoms with Crippen molar-refractivity contribution in [3.05, 3.63) is 40.3 Å². The zero-order valence-electron chi connectivity index (χ0n) is 10.7. The predicted octanol–water partition coefficient (Wildman–Crippen LogP) is 2.57. The number of esters is 1. The average Bonchev–Trinajstić information content (AvgIpc) is 2.79. The fourth-order valence-corrected chi connectivity index (χ4v) is 2.28. The van der Waals surface area contributed by atoms with Gasteiger partial charge in [-0.1, -0.05) is 22.9 Å². The second kappa shape index (κ2) is 5.44. The van der Waals surface area contributed by atoms with Gasteiger partial charge in [0.2, 0.25) is 0 Å². The molecule has 0 fully saturated rings. The lowest BCUT2D eigenvalue weighted by molar-refractivity contribution is 0.0596. The first kappa shape index (κ1) is 13.6. The third kappa shape index (κ3) is 2.49. The van der Waals surface area contributed by atoms with E-state index in [1.54, 1.807) is 4.57 Å². The molecule has 2 aromatic rings. The number of nitrogen functional groups attached to an aromatic ring is 1. The molecule has 0 atom stereocenters. The summed E-state index contributed by atoms with van der Waals surface area (Å²) in [5.74, 6) is -0.254. The number of methoxy groups -OCH3 is 1. The molecule has 0 unspecified atom stereocenters. The van der Waals surface area contributed by atoms with Crippen molar-refractivity contribution in [1.29, 1.82) is 0 Å². The van der Waals surface area contributed by atoms with E-state index in [-0.39, 0.29) is 11.5 Å². The first-order chi connectivity index (χ1) is 9.08. The van der Waals surface area contributed by atoms with Crippen molar-refractivity contribution in [2.24, 2.45) is 0 Å². The van der Waals surface area contributed by atoms with E-state index in [4.69, 9.17) is 5.73 Å². The summed E-state index contributed by atoms with van der Waals surface area (Å²) in [6, 6.07) is 5.88. The smallest absolute Gasteiger partial charge is 0.360 e. The van der Waals surface area contributed by atoms with Gasteiger partial charge in [0.05, 0.1) is 12.8 Å². The molecule has 0 spiro atoms. The number of carbonyl (C=O) groups excluding carboxylic acids is 1. The van der Waals surface area contributed by atoms with Crippen molar-refractivity contribution in [2.45, 2.75) is 13.3 Å². The molecule has 0 saturated carbocycles. The summed E-state index contributed by atoms with van der Waals surface area (Å²) in [7, 11) is 1.30. The third-order valence-electron chi connectivity index (χ3n) is 2.87. The lowest BCUT2D eigenvalue weighted by Crippen LogP contribution is -2.08. The Morgan fingerprint density at radius 2 is 2.26 bits per heavy atom. The van der Waals surface area contributed by atoms with E-state index in [9.17, 15) is 4.79 Å². The molecule has 2 N–H and O–H groups in total. The van der Waals surface area contributed by atoms with Crippen LogP contribution in [0, 0.1) is 0 Å². The fraction of sp³-hybridized carbons (Fsp3) is 0.231. The van der Waals surface area contributed by atoms with Crippen LogP contribution in [0.5, 0.6) is 0 Å². The molecule has 0 aliphatic heterocycles. The number of nitrogens with zero attached hydrogens (tertiary/aromatic N) is 2. The van der Waals surface area contributed by atoms with Crippen LogP contribution in [-0.4, -0.2) is 22.6 Å². The number of anilines is 1. The van der Waals surface area contributed by atoms with Crippen molar-refractivity contribution in [3.8, 4) is 5.69 Å². The Balaban J connectivity index is 2.54. The maximum absolute atomic E-state index is 11.5. The molecule has 0 amide bonds. The Hall–Kier alpha value is -1.82. The monoisotopic (exact) mass is 323 g/mol. The van der Waals surface area contributed by atoms with E-state index < -0.39 is 5.97 Å². The Labute approximate surface area is 119 Å².